The summed E-state index contributed by atoms with van der Waals surface area (Å²) in [5, 5.41) is 6.84. The fourth-order valence-electron chi connectivity index (χ4n) is 4.64. The second-order valence-electron chi connectivity index (χ2n) is 10.9. The maximum Gasteiger partial charge on any atom is 0.338 e. The number of unbranched alkanes of at least 4 members (excludes halogenated alkanes) is 1. The third-order valence-electron chi connectivity index (χ3n) is 6.39. The van der Waals surface area contributed by atoms with Crippen LogP contribution in [0.1, 0.15) is 68.8 Å². The van der Waals surface area contributed by atoms with Gasteiger partial charge < -0.3 is 25.3 Å². The zero-order chi connectivity index (χ0) is 26.4. The Morgan fingerprint density at radius 3 is 2.59 bits per heavy atom. The van der Waals surface area contributed by atoms with E-state index in [0.717, 1.165) is 43.3 Å². The number of hydrogen-bond acceptors (Lipinski definition) is 4. The number of rotatable bonds is 8. The lowest BCUT2D eigenvalue weighted by molar-refractivity contribution is 0.0499. The number of ether oxygens (including phenoxy) is 1. The fourth-order valence-corrected chi connectivity index (χ4v) is 4.64. The summed E-state index contributed by atoms with van der Waals surface area (Å²) in [4.78, 5) is 30.7. The average molecular weight is 503 g/mol. The highest BCUT2D eigenvalue weighted by molar-refractivity contribution is 6.02. The molecule has 2 aromatic carbocycles. The lowest BCUT2D eigenvalue weighted by Gasteiger charge is -2.33. The molecule has 1 atom stereocenters. The number of benzene rings is 2. The molecule has 2 amide bonds. The van der Waals surface area contributed by atoms with Gasteiger partial charge in [-0.05, 0) is 66.4 Å². The predicted octanol–water partition coefficient (Wildman–Crippen LogP) is 7.12. The lowest BCUT2D eigenvalue weighted by atomic mass is 9.91. The highest BCUT2D eigenvalue weighted by Gasteiger charge is 2.21. The van der Waals surface area contributed by atoms with Crippen LogP contribution < -0.4 is 10.6 Å². The van der Waals surface area contributed by atoms with Crippen LogP contribution in [0.15, 0.2) is 60.9 Å². The van der Waals surface area contributed by atoms with E-state index in [4.69, 9.17) is 4.74 Å². The second kappa shape index (κ2) is 11.5. The van der Waals surface area contributed by atoms with Crippen molar-refractivity contribution in [1.29, 1.82) is 0 Å². The molecule has 0 saturated carbocycles. The Hall–Kier alpha value is -3.74. The Labute approximate surface area is 219 Å². The molecule has 3 N–H and O–H groups in total. The number of amides is 2. The van der Waals surface area contributed by atoms with Crippen molar-refractivity contribution in [2.75, 3.05) is 30.3 Å². The van der Waals surface area contributed by atoms with Gasteiger partial charge in [-0.3, -0.25) is 0 Å². The minimum absolute atomic E-state index is 0.262. The topological polar surface area (TPSA) is 86.5 Å². The third-order valence-corrected chi connectivity index (χ3v) is 6.39. The van der Waals surface area contributed by atoms with Crippen LogP contribution >= 0.6 is 0 Å². The first-order valence-corrected chi connectivity index (χ1v) is 13.1. The summed E-state index contributed by atoms with van der Waals surface area (Å²) < 4.78 is 5.27. The van der Waals surface area contributed by atoms with Gasteiger partial charge in [0.05, 0.1) is 12.2 Å². The molecule has 37 heavy (non-hydrogen) atoms. The number of fused-ring (bicyclic) bond motifs is 1. The summed E-state index contributed by atoms with van der Waals surface area (Å²) in [6.07, 6.45) is 9.42. The van der Waals surface area contributed by atoms with Gasteiger partial charge >= 0.3 is 12.0 Å². The number of aromatic nitrogens is 1. The van der Waals surface area contributed by atoms with E-state index in [9.17, 15) is 9.59 Å². The van der Waals surface area contributed by atoms with Crippen LogP contribution in [0.3, 0.4) is 0 Å². The highest BCUT2D eigenvalue weighted by atomic mass is 16.5. The van der Waals surface area contributed by atoms with Gasteiger partial charge in [-0.25, -0.2) is 9.59 Å². The Kier molecular flexibility index (Phi) is 8.21. The first-order valence-electron chi connectivity index (χ1n) is 13.1. The van der Waals surface area contributed by atoms with Gasteiger partial charge in [-0.2, -0.15) is 0 Å². The number of esters is 1. The zero-order valence-corrected chi connectivity index (χ0v) is 22.3. The van der Waals surface area contributed by atoms with Gasteiger partial charge in [0.1, 0.15) is 0 Å². The molecule has 1 aliphatic heterocycles. The Morgan fingerprint density at radius 2 is 1.89 bits per heavy atom. The Morgan fingerprint density at radius 1 is 1.11 bits per heavy atom. The molecule has 0 bridgehead atoms. The molecular formula is C30H38N4O3. The normalized spacial score (nSPS) is 15.6. The second-order valence-corrected chi connectivity index (χ2v) is 10.9. The maximum atomic E-state index is 12.7. The molecule has 0 aliphatic carbocycles. The number of allylic oxidation sites excluding steroid dienone is 1. The first-order chi connectivity index (χ1) is 17.7. The molecule has 7 nitrogen and oxygen atoms in total. The van der Waals surface area contributed by atoms with Crippen molar-refractivity contribution in [1.82, 2.24) is 9.88 Å². The van der Waals surface area contributed by atoms with Crippen LogP contribution in [0, 0.1) is 5.41 Å². The number of urea groups is 1. The smallest absolute Gasteiger partial charge is 0.338 e. The van der Waals surface area contributed by atoms with Crippen molar-refractivity contribution in [2.45, 2.75) is 52.9 Å². The van der Waals surface area contributed by atoms with Gasteiger partial charge in [0.15, 0.2) is 0 Å². The summed E-state index contributed by atoms with van der Waals surface area (Å²) in [6.45, 7) is 11.3. The van der Waals surface area contributed by atoms with Crippen molar-refractivity contribution in [3.8, 4) is 0 Å². The van der Waals surface area contributed by atoms with Crippen molar-refractivity contribution in [3.63, 3.8) is 0 Å². The molecule has 1 unspecified atom stereocenters. The number of aromatic amines is 1. The summed E-state index contributed by atoms with van der Waals surface area (Å²) in [7, 11) is 0. The van der Waals surface area contributed by atoms with E-state index in [-0.39, 0.29) is 17.4 Å². The van der Waals surface area contributed by atoms with E-state index in [1.54, 1.807) is 24.3 Å². The lowest BCUT2D eigenvalue weighted by Crippen LogP contribution is -2.32. The standard InChI is InChI=1S/C30H38N4O3/c1-5-6-16-37-28(35)22-8-7-9-23(17-22)32-29(36)33-24-10-11-27-25(18-24)26(19-31-27)21-12-14-34(15-13-21)20-30(2,3)4/h7-12,14,17-19,21,31H,5-6,13,15-16,20H2,1-4H3,(H2,32,33,36). The summed E-state index contributed by atoms with van der Waals surface area (Å²) >= 11 is 0. The molecule has 0 radical (unpaired) electrons. The number of carbonyl (C=O) groups is 2. The molecule has 1 aliphatic rings. The maximum absolute atomic E-state index is 12.7. The summed E-state index contributed by atoms with van der Waals surface area (Å²) in [6, 6.07) is 12.3. The van der Waals surface area contributed by atoms with Crippen LogP contribution in [-0.2, 0) is 4.74 Å². The van der Waals surface area contributed by atoms with E-state index in [2.05, 4.69) is 59.8 Å². The number of H-pyrrole nitrogens is 1. The third kappa shape index (κ3) is 7.15. The molecule has 4 rings (SSSR count). The molecule has 0 fully saturated rings. The quantitative estimate of drug-likeness (QED) is 0.226. The fraction of sp³-hybridized carbons (Fsp3) is 0.400. The Balaban J connectivity index is 1.41. The van der Waals surface area contributed by atoms with E-state index in [1.165, 1.54) is 5.56 Å². The van der Waals surface area contributed by atoms with E-state index < -0.39 is 0 Å². The van der Waals surface area contributed by atoms with E-state index >= 15 is 0 Å². The van der Waals surface area contributed by atoms with Crippen molar-refractivity contribution in [3.05, 3.63) is 72.1 Å². The van der Waals surface area contributed by atoms with Crippen LogP contribution in [0.2, 0.25) is 0 Å². The zero-order valence-electron chi connectivity index (χ0n) is 22.3. The monoisotopic (exact) mass is 502 g/mol. The molecule has 0 spiro atoms. The number of nitrogens with zero attached hydrogens (tertiary/aromatic N) is 1. The molecule has 196 valence electrons. The summed E-state index contributed by atoms with van der Waals surface area (Å²) in [5.74, 6) is -0.0601. The van der Waals surface area contributed by atoms with Crippen molar-refractivity contribution in [2.24, 2.45) is 5.41 Å². The van der Waals surface area contributed by atoms with E-state index in [0.29, 0.717) is 29.5 Å². The van der Waals surface area contributed by atoms with Gasteiger partial charge in [0.25, 0.3) is 0 Å². The van der Waals surface area contributed by atoms with Gasteiger partial charge in [0.2, 0.25) is 0 Å². The minimum atomic E-state index is -0.388. The first kappa shape index (κ1) is 26.3. The van der Waals surface area contributed by atoms with E-state index in [1.807, 2.05) is 25.1 Å². The van der Waals surface area contributed by atoms with Crippen molar-refractivity contribution >= 4 is 34.3 Å². The average Bonchev–Trinajstić information content (AvgIpc) is 3.27. The van der Waals surface area contributed by atoms with Crippen molar-refractivity contribution < 1.29 is 14.3 Å². The van der Waals surface area contributed by atoms with Gasteiger partial charge in [-0.1, -0.05) is 46.3 Å². The number of nitrogens with one attached hydrogen (secondary N) is 3. The van der Waals surface area contributed by atoms with Gasteiger partial charge in [0, 0.05) is 47.5 Å². The molecule has 1 aromatic heterocycles. The van der Waals surface area contributed by atoms with Crippen LogP contribution in [-0.4, -0.2) is 41.6 Å². The van der Waals surface area contributed by atoms with Crippen LogP contribution in [0.25, 0.3) is 10.9 Å². The highest BCUT2D eigenvalue weighted by Crippen LogP contribution is 2.33. The van der Waals surface area contributed by atoms with Crippen LogP contribution in [0.5, 0.6) is 0 Å². The molecule has 2 heterocycles. The molecule has 0 saturated heterocycles. The number of hydrogen-bond donors (Lipinski definition) is 3. The predicted molar refractivity (Wildman–Crippen MR) is 150 cm³/mol. The molecule has 7 heteroatoms. The molecular weight excluding hydrogens is 464 g/mol. The largest absolute Gasteiger partial charge is 0.462 e. The SMILES string of the molecule is CCCCOC(=O)c1cccc(NC(=O)Nc2ccc3[nH]cc(C4C=CN(CC(C)(C)C)CC4)c3c2)c1. The number of anilines is 2. The Bertz CT molecular complexity index is 1270. The number of carbonyl (C=O) groups excluding carboxylic acids is 2. The minimum Gasteiger partial charge on any atom is -0.462 e. The molecule has 3 aromatic rings. The van der Waals surface area contributed by atoms with Crippen LogP contribution in [0.4, 0.5) is 16.2 Å². The summed E-state index contributed by atoms with van der Waals surface area (Å²) in [5.41, 5.74) is 4.18. The van der Waals surface area contributed by atoms with Gasteiger partial charge in [-0.15, -0.1) is 0 Å².